The molecule has 0 heterocycles. The van der Waals surface area contributed by atoms with Crippen molar-refractivity contribution in [3.63, 3.8) is 0 Å². The van der Waals surface area contributed by atoms with E-state index in [9.17, 15) is 9.59 Å². The first kappa shape index (κ1) is 17.8. The van der Waals surface area contributed by atoms with Crippen LogP contribution < -0.4 is 15.4 Å². The minimum atomic E-state index is -0.0557. The van der Waals surface area contributed by atoms with Crippen LogP contribution in [0, 0.1) is 11.8 Å². The highest BCUT2D eigenvalue weighted by atomic mass is 16.5. The van der Waals surface area contributed by atoms with Crippen LogP contribution in [0.25, 0.3) is 0 Å². The zero-order valence-electron chi connectivity index (χ0n) is 14.9. The number of amides is 2. The lowest BCUT2D eigenvalue weighted by atomic mass is 10.2. The molecular formula is C20H28N2O3. The summed E-state index contributed by atoms with van der Waals surface area (Å²) in [6, 6.07) is 7.88. The number of carbonyl (C=O) groups excluding carboxylic acids is 2. The predicted molar refractivity (Wildman–Crippen MR) is 96.1 cm³/mol. The van der Waals surface area contributed by atoms with Crippen molar-refractivity contribution in [2.45, 2.75) is 58.1 Å². The van der Waals surface area contributed by atoms with Crippen molar-refractivity contribution in [3.8, 4) is 5.75 Å². The summed E-state index contributed by atoms with van der Waals surface area (Å²) in [6.45, 7) is 2.92. The standard InChI is InChI=1S/C20H28N2O3/c1-14-12-17(14)20(24)21-11-10-19(23)22-13-15-6-2-5-9-18(15)25-16-7-3-4-8-16/h2,5-6,9,14,16-17H,3-4,7-8,10-13H2,1H3,(H,21,24)(H,22,23)/t14-,17+/m0/s1. The van der Waals surface area contributed by atoms with E-state index in [1.807, 2.05) is 24.3 Å². The van der Waals surface area contributed by atoms with Gasteiger partial charge in [0, 0.05) is 31.0 Å². The third-order valence-electron chi connectivity index (χ3n) is 5.14. The fraction of sp³-hybridized carbons (Fsp3) is 0.600. The van der Waals surface area contributed by atoms with E-state index in [-0.39, 0.29) is 17.7 Å². The van der Waals surface area contributed by atoms with E-state index in [2.05, 4.69) is 17.6 Å². The van der Waals surface area contributed by atoms with Gasteiger partial charge in [-0.1, -0.05) is 25.1 Å². The van der Waals surface area contributed by atoms with E-state index < -0.39 is 0 Å². The van der Waals surface area contributed by atoms with Crippen molar-refractivity contribution in [1.29, 1.82) is 0 Å². The number of hydrogen-bond donors (Lipinski definition) is 2. The van der Waals surface area contributed by atoms with Crippen LogP contribution in [-0.4, -0.2) is 24.5 Å². The SMILES string of the molecule is C[C@H]1C[C@H]1C(=O)NCCC(=O)NCc1ccccc1OC1CCCC1. The van der Waals surface area contributed by atoms with Crippen LogP contribution >= 0.6 is 0 Å². The Balaban J connectivity index is 1.40. The summed E-state index contributed by atoms with van der Waals surface area (Å²) in [5, 5.41) is 5.76. The molecule has 2 atom stereocenters. The van der Waals surface area contributed by atoms with Gasteiger partial charge in [-0.05, 0) is 44.1 Å². The monoisotopic (exact) mass is 344 g/mol. The van der Waals surface area contributed by atoms with Gasteiger partial charge >= 0.3 is 0 Å². The lowest BCUT2D eigenvalue weighted by molar-refractivity contribution is -0.123. The van der Waals surface area contributed by atoms with Gasteiger partial charge in [0.1, 0.15) is 5.75 Å². The van der Waals surface area contributed by atoms with E-state index in [0.717, 1.165) is 30.6 Å². The Morgan fingerprint density at radius 3 is 2.60 bits per heavy atom. The quantitative estimate of drug-likeness (QED) is 0.762. The molecule has 136 valence electrons. The molecule has 0 saturated heterocycles. The highest BCUT2D eigenvalue weighted by Gasteiger charge is 2.38. The van der Waals surface area contributed by atoms with Gasteiger partial charge in [0.15, 0.2) is 0 Å². The number of carbonyl (C=O) groups is 2. The summed E-state index contributed by atoms with van der Waals surface area (Å²) >= 11 is 0. The van der Waals surface area contributed by atoms with Crippen molar-refractivity contribution < 1.29 is 14.3 Å². The molecule has 1 aromatic rings. The van der Waals surface area contributed by atoms with Crippen LogP contribution in [0.3, 0.4) is 0 Å². The van der Waals surface area contributed by atoms with Gasteiger partial charge in [-0.25, -0.2) is 0 Å². The molecule has 0 spiro atoms. The maximum Gasteiger partial charge on any atom is 0.223 e. The van der Waals surface area contributed by atoms with Crippen LogP contribution in [0.4, 0.5) is 0 Å². The minimum Gasteiger partial charge on any atom is -0.490 e. The van der Waals surface area contributed by atoms with Crippen LogP contribution in [0.15, 0.2) is 24.3 Å². The van der Waals surface area contributed by atoms with Crippen molar-refractivity contribution >= 4 is 11.8 Å². The highest BCUT2D eigenvalue weighted by Crippen LogP contribution is 2.37. The smallest absolute Gasteiger partial charge is 0.223 e. The van der Waals surface area contributed by atoms with Gasteiger partial charge in [-0.2, -0.15) is 0 Å². The molecule has 2 aliphatic carbocycles. The topological polar surface area (TPSA) is 67.4 Å². The summed E-state index contributed by atoms with van der Waals surface area (Å²) in [7, 11) is 0. The maximum atomic E-state index is 12.0. The van der Waals surface area contributed by atoms with Crippen molar-refractivity contribution in [2.75, 3.05) is 6.54 Å². The summed E-state index contributed by atoms with van der Waals surface area (Å²) in [4.78, 5) is 23.7. The van der Waals surface area contributed by atoms with Crippen LogP contribution in [0.5, 0.6) is 5.75 Å². The Labute approximate surface area is 149 Å². The number of ether oxygens (including phenoxy) is 1. The van der Waals surface area contributed by atoms with Gasteiger partial charge in [0.25, 0.3) is 0 Å². The molecule has 5 heteroatoms. The molecule has 0 bridgehead atoms. The van der Waals surface area contributed by atoms with Crippen LogP contribution in [0.1, 0.15) is 51.0 Å². The number of hydrogen-bond acceptors (Lipinski definition) is 3. The Morgan fingerprint density at radius 2 is 1.88 bits per heavy atom. The molecule has 5 nitrogen and oxygen atoms in total. The molecule has 25 heavy (non-hydrogen) atoms. The zero-order valence-corrected chi connectivity index (χ0v) is 14.9. The average Bonchev–Trinajstić information content (AvgIpc) is 3.12. The second kappa shape index (κ2) is 8.37. The van der Waals surface area contributed by atoms with Crippen molar-refractivity contribution in [2.24, 2.45) is 11.8 Å². The largest absolute Gasteiger partial charge is 0.490 e. The summed E-state index contributed by atoms with van der Waals surface area (Å²) in [5.41, 5.74) is 0.999. The third-order valence-corrected chi connectivity index (χ3v) is 5.14. The molecule has 1 aromatic carbocycles. The van der Waals surface area contributed by atoms with E-state index >= 15 is 0 Å². The van der Waals surface area contributed by atoms with Gasteiger partial charge in [-0.3, -0.25) is 9.59 Å². The number of para-hydroxylation sites is 1. The average molecular weight is 344 g/mol. The lowest BCUT2D eigenvalue weighted by Crippen LogP contribution is -2.31. The molecule has 0 aliphatic heterocycles. The van der Waals surface area contributed by atoms with E-state index in [1.165, 1.54) is 12.8 Å². The molecule has 2 amide bonds. The highest BCUT2D eigenvalue weighted by molar-refractivity contribution is 5.82. The molecule has 2 aliphatic rings. The lowest BCUT2D eigenvalue weighted by Gasteiger charge is -2.16. The Bertz CT molecular complexity index is 611. The van der Waals surface area contributed by atoms with E-state index in [1.54, 1.807) is 0 Å². The first-order chi connectivity index (χ1) is 12.1. The zero-order chi connectivity index (χ0) is 17.6. The fourth-order valence-corrected chi connectivity index (χ4v) is 3.35. The van der Waals surface area contributed by atoms with Crippen LogP contribution in [-0.2, 0) is 16.1 Å². The van der Waals surface area contributed by atoms with Crippen LogP contribution in [0.2, 0.25) is 0 Å². The fourth-order valence-electron chi connectivity index (χ4n) is 3.35. The van der Waals surface area contributed by atoms with Crippen molar-refractivity contribution in [3.05, 3.63) is 29.8 Å². The molecule has 0 radical (unpaired) electrons. The van der Waals surface area contributed by atoms with Gasteiger partial charge in [0.05, 0.1) is 6.10 Å². The second-order valence-corrected chi connectivity index (χ2v) is 7.27. The maximum absolute atomic E-state index is 12.0. The van der Waals surface area contributed by atoms with Gasteiger partial charge in [-0.15, -0.1) is 0 Å². The molecule has 0 unspecified atom stereocenters. The first-order valence-corrected chi connectivity index (χ1v) is 9.42. The second-order valence-electron chi connectivity index (χ2n) is 7.27. The molecule has 2 N–H and O–H groups in total. The Morgan fingerprint density at radius 1 is 1.16 bits per heavy atom. The van der Waals surface area contributed by atoms with E-state index in [4.69, 9.17) is 4.74 Å². The molecule has 3 rings (SSSR count). The molecule has 2 saturated carbocycles. The Kier molecular flexibility index (Phi) is 5.95. The van der Waals surface area contributed by atoms with Crippen molar-refractivity contribution in [1.82, 2.24) is 10.6 Å². The number of rotatable bonds is 8. The summed E-state index contributed by atoms with van der Waals surface area (Å²) in [5.74, 6) is 1.54. The molecule has 0 aromatic heterocycles. The number of benzene rings is 1. The normalized spacial score (nSPS) is 22.4. The molecule has 2 fully saturated rings. The first-order valence-electron chi connectivity index (χ1n) is 9.42. The predicted octanol–water partition coefficient (Wildman–Crippen LogP) is 2.79. The van der Waals surface area contributed by atoms with Gasteiger partial charge < -0.3 is 15.4 Å². The number of nitrogens with one attached hydrogen (secondary N) is 2. The summed E-state index contributed by atoms with van der Waals surface area (Å²) < 4.78 is 6.09. The third kappa shape index (κ3) is 5.21. The molecular weight excluding hydrogens is 316 g/mol. The van der Waals surface area contributed by atoms with E-state index in [0.29, 0.717) is 31.5 Å². The van der Waals surface area contributed by atoms with Gasteiger partial charge in [0.2, 0.25) is 11.8 Å². The Hall–Kier alpha value is -2.04. The summed E-state index contributed by atoms with van der Waals surface area (Å²) in [6.07, 6.45) is 6.26. The minimum absolute atomic E-state index is 0.0557.